The summed E-state index contributed by atoms with van der Waals surface area (Å²) in [6.45, 7) is 2.25. The number of phenolic OH excluding ortho intramolecular Hbond substituents is 1. The summed E-state index contributed by atoms with van der Waals surface area (Å²) in [5, 5.41) is 10.9. The number of aromatic nitrogens is 1. The highest BCUT2D eigenvalue weighted by atomic mass is 16.3. The van der Waals surface area contributed by atoms with E-state index in [1.165, 1.54) is 44.2 Å². The summed E-state index contributed by atoms with van der Waals surface area (Å²) in [5.41, 5.74) is 2.07. The van der Waals surface area contributed by atoms with Gasteiger partial charge in [0.05, 0.1) is 5.39 Å². The molecular formula is C17H24NO+. The van der Waals surface area contributed by atoms with Gasteiger partial charge in [-0.15, -0.1) is 0 Å². The van der Waals surface area contributed by atoms with Gasteiger partial charge in [0.1, 0.15) is 0 Å². The van der Waals surface area contributed by atoms with Crippen molar-refractivity contribution in [3.8, 4) is 5.75 Å². The van der Waals surface area contributed by atoms with Gasteiger partial charge in [-0.2, -0.15) is 0 Å². The summed E-state index contributed by atoms with van der Waals surface area (Å²) in [6.07, 6.45) is 8.95. The van der Waals surface area contributed by atoms with Crippen LogP contribution in [0.25, 0.3) is 10.9 Å². The van der Waals surface area contributed by atoms with Crippen LogP contribution < -0.4 is 4.98 Å². The zero-order chi connectivity index (χ0) is 13.5. The van der Waals surface area contributed by atoms with Crippen molar-refractivity contribution in [3.05, 3.63) is 36.0 Å². The molecule has 0 unspecified atom stereocenters. The van der Waals surface area contributed by atoms with Crippen molar-refractivity contribution in [2.75, 3.05) is 0 Å². The van der Waals surface area contributed by atoms with Gasteiger partial charge < -0.3 is 5.11 Å². The minimum absolute atomic E-state index is 0.335. The number of unbranched alkanes of at least 4 members (excludes halogenated alkanes) is 5. The number of nitrogens with one attached hydrogen (secondary N) is 1. The molecule has 0 amide bonds. The van der Waals surface area contributed by atoms with Crippen LogP contribution in [0.5, 0.6) is 5.75 Å². The minimum Gasteiger partial charge on any atom is -0.502 e. The highest BCUT2D eigenvalue weighted by Gasteiger charge is 2.08. The van der Waals surface area contributed by atoms with Gasteiger partial charge in [-0.25, -0.2) is 4.98 Å². The van der Waals surface area contributed by atoms with Gasteiger partial charge in [0.25, 0.3) is 5.52 Å². The lowest BCUT2D eigenvalue weighted by molar-refractivity contribution is -0.358. The maximum atomic E-state index is 9.83. The van der Waals surface area contributed by atoms with E-state index in [-0.39, 0.29) is 0 Å². The molecule has 2 heteroatoms. The Bertz CT molecular complexity index is 522. The Morgan fingerprint density at radius 3 is 2.58 bits per heavy atom. The second kappa shape index (κ2) is 7.13. The molecule has 0 bridgehead atoms. The molecule has 0 atom stereocenters. The minimum atomic E-state index is 0.335. The van der Waals surface area contributed by atoms with Crippen LogP contribution in [0.1, 0.15) is 51.1 Å². The zero-order valence-electron chi connectivity index (χ0n) is 11.8. The van der Waals surface area contributed by atoms with E-state index in [9.17, 15) is 5.11 Å². The van der Waals surface area contributed by atoms with E-state index < -0.39 is 0 Å². The molecule has 19 heavy (non-hydrogen) atoms. The van der Waals surface area contributed by atoms with E-state index in [4.69, 9.17) is 0 Å². The van der Waals surface area contributed by atoms with E-state index in [0.29, 0.717) is 5.75 Å². The van der Waals surface area contributed by atoms with Crippen molar-refractivity contribution in [2.45, 2.75) is 51.9 Å². The van der Waals surface area contributed by atoms with Gasteiger partial charge in [-0.05, 0) is 24.6 Å². The Balaban J connectivity index is 1.89. The number of pyridine rings is 1. The second-order valence-corrected chi connectivity index (χ2v) is 5.24. The van der Waals surface area contributed by atoms with Crippen molar-refractivity contribution >= 4 is 10.9 Å². The zero-order valence-corrected chi connectivity index (χ0v) is 11.8. The highest BCUT2D eigenvalue weighted by Crippen LogP contribution is 2.20. The predicted octanol–water partition coefficient (Wildman–Crippen LogP) is 4.26. The fraction of sp³-hybridized carbons (Fsp3) is 0.471. The number of para-hydroxylation sites is 1. The van der Waals surface area contributed by atoms with Crippen molar-refractivity contribution < 1.29 is 10.1 Å². The van der Waals surface area contributed by atoms with Crippen LogP contribution in [0.15, 0.2) is 30.3 Å². The molecule has 0 aliphatic heterocycles. The smallest absolute Gasteiger partial charge is 0.253 e. The number of hydrogen-bond donors (Lipinski definition) is 1. The molecule has 0 aliphatic rings. The summed E-state index contributed by atoms with van der Waals surface area (Å²) >= 11 is 0. The monoisotopic (exact) mass is 258 g/mol. The van der Waals surface area contributed by atoms with Gasteiger partial charge in [0.2, 0.25) is 0 Å². The van der Waals surface area contributed by atoms with Crippen molar-refractivity contribution in [3.63, 3.8) is 0 Å². The van der Waals surface area contributed by atoms with Crippen LogP contribution in [0.3, 0.4) is 0 Å². The molecule has 1 aromatic heterocycles. The molecule has 0 spiro atoms. The number of phenols is 1. The fourth-order valence-corrected chi connectivity index (χ4v) is 2.47. The molecule has 2 nitrogen and oxygen atoms in total. The first-order valence-electron chi connectivity index (χ1n) is 7.44. The number of aryl methyl sites for hydroxylation is 1. The van der Waals surface area contributed by atoms with E-state index >= 15 is 0 Å². The van der Waals surface area contributed by atoms with Gasteiger partial charge in [0.15, 0.2) is 11.4 Å². The molecule has 0 radical (unpaired) electrons. The number of aromatic amines is 1. The number of benzene rings is 1. The summed E-state index contributed by atoms with van der Waals surface area (Å²) in [4.78, 5) is 3.35. The summed E-state index contributed by atoms with van der Waals surface area (Å²) in [6, 6.07) is 9.83. The molecule has 2 aromatic rings. The quantitative estimate of drug-likeness (QED) is 0.740. The van der Waals surface area contributed by atoms with Crippen molar-refractivity contribution in [1.82, 2.24) is 0 Å². The molecule has 1 aromatic carbocycles. The molecule has 2 rings (SSSR count). The largest absolute Gasteiger partial charge is 0.502 e. The van der Waals surface area contributed by atoms with Gasteiger partial charge in [0, 0.05) is 12.5 Å². The average Bonchev–Trinajstić information content (AvgIpc) is 2.43. The maximum absolute atomic E-state index is 9.83. The van der Waals surface area contributed by atoms with Crippen LogP contribution >= 0.6 is 0 Å². The van der Waals surface area contributed by atoms with Crippen LogP contribution in [0, 0.1) is 0 Å². The van der Waals surface area contributed by atoms with Crippen LogP contribution in [0.4, 0.5) is 0 Å². The maximum Gasteiger partial charge on any atom is 0.253 e. The average molecular weight is 258 g/mol. The third-order valence-electron chi connectivity index (χ3n) is 3.62. The Morgan fingerprint density at radius 2 is 1.74 bits per heavy atom. The second-order valence-electron chi connectivity index (χ2n) is 5.24. The number of aromatic hydroxyl groups is 1. The van der Waals surface area contributed by atoms with Crippen LogP contribution in [-0.2, 0) is 6.42 Å². The molecule has 0 saturated carbocycles. The molecular weight excluding hydrogens is 234 g/mol. The Labute approximate surface area is 115 Å². The van der Waals surface area contributed by atoms with Crippen molar-refractivity contribution in [1.29, 1.82) is 0 Å². The van der Waals surface area contributed by atoms with Gasteiger partial charge in [-0.3, -0.25) is 0 Å². The van der Waals surface area contributed by atoms with Crippen molar-refractivity contribution in [2.24, 2.45) is 0 Å². The first-order valence-corrected chi connectivity index (χ1v) is 7.44. The molecule has 1 heterocycles. The highest BCUT2D eigenvalue weighted by molar-refractivity contribution is 5.80. The Hall–Kier alpha value is -1.57. The fourth-order valence-electron chi connectivity index (χ4n) is 2.47. The number of H-pyrrole nitrogens is 1. The van der Waals surface area contributed by atoms with Crippen LogP contribution in [-0.4, -0.2) is 5.11 Å². The number of rotatable bonds is 7. The normalized spacial score (nSPS) is 11.0. The lowest BCUT2D eigenvalue weighted by Crippen LogP contribution is -2.11. The van der Waals surface area contributed by atoms with E-state index in [1.807, 2.05) is 12.1 Å². The standard InChI is InChI=1S/C17H23NO/c1-2-3-4-5-6-7-10-15-13-12-14-9-8-11-16(19)17(14)18-15/h8-9,11-13,19H,2-7,10H2,1H3/p+1. The number of fused-ring (bicyclic) bond motifs is 1. The molecule has 2 N–H and O–H groups in total. The van der Waals surface area contributed by atoms with E-state index in [1.54, 1.807) is 6.07 Å². The Kier molecular flexibility index (Phi) is 5.20. The van der Waals surface area contributed by atoms with Crippen LogP contribution in [0.2, 0.25) is 0 Å². The van der Waals surface area contributed by atoms with E-state index in [0.717, 1.165) is 17.3 Å². The van der Waals surface area contributed by atoms with E-state index in [2.05, 4.69) is 24.0 Å². The summed E-state index contributed by atoms with van der Waals surface area (Å²) < 4.78 is 0. The topological polar surface area (TPSA) is 34.4 Å². The molecule has 102 valence electrons. The molecule has 0 fully saturated rings. The predicted molar refractivity (Wildman–Crippen MR) is 79.2 cm³/mol. The lowest BCUT2D eigenvalue weighted by Gasteiger charge is -2.00. The Morgan fingerprint density at radius 1 is 0.947 bits per heavy atom. The first kappa shape index (κ1) is 13.9. The number of hydrogen-bond acceptors (Lipinski definition) is 1. The van der Waals surface area contributed by atoms with Gasteiger partial charge >= 0.3 is 0 Å². The van der Waals surface area contributed by atoms with Gasteiger partial charge in [-0.1, -0.05) is 45.1 Å². The lowest BCUT2D eigenvalue weighted by atomic mass is 10.1. The SMILES string of the molecule is CCCCCCCCc1ccc2cccc(O)c2[nH+]1. The molecule has 0 saturated heterocycles. The summed E-state index contributed by atoms with van der Waals surface area (Å²) in [5.74, 6) is 0.335. The third kappa shape index (κ3) is 3.95. The third-order valence-corrected chi connectivity index (χ3v) is 3.62. The summed E-state index contributed by atoms with van der Waals surface area (Å²) in [7, 11) is 0. The molecule has 0 aliphatic carbocycles. The first-order chi connectivity index (χ1) is 9.31.